The van der Waals surface area contributed by atoms with E-state index < -0.39 is 14.9 Å². The van der Waals surface area contributed by atoms with Crippen molar-refractivity contribution in [2.75, 3.05) is 20.3 Å². The summed E-state index contributed by atoms with van der Waals surface area (Å²) >= 11 is 0. The summed E-state index contributed by atoms with van der Waals surface area (Å²) in [5.74, 6) is 0.524. The van der Waals surface area contributed by atoms with Crippen LogP contribution in [0, 0.1) is 10.1 Å². The van der Waals surface area contributed by atoms with Crippen LogP contribution in [0.15, 0.2) is 58.4 Å². The molecule has 0 aliphatic rings. The van der Waals surface area contributed by atoms with Crippen LogP contribution in [0.3, 0.4) is 0 Å². The molecule has 0 saturated carbocycles. The van der Waals surface area contributed by atoms with Gasteiger partial charge in [-0.15, -0.1) is 24.0 Å². The van der Waals surface area contributed by atoms with Gasteiger partial charge in [0.25, 0.3) is 5.69 Å². The second kappa shape index (κ2) is 12.4. The smallest absolute Gasteiger partial charge is 0.269 e. The zero-order valence-corrected chi connectivity index (χ0v) is 19.4. The van der Waals surface area contributed by atoms with Gasteiger partial charge in [0, 0.05) is 32.3 Å². The van der Waals surface area contributed by atoms with Gasteiger partial charge in [-0.25, -0.2) is 18.5 Å². The van der Waals surface area contributed by atoms with E-state index in [1.54, 1.807) is 31.4 Å². The van der Waals surface area contributed by atoms with E-state index in [2.05, 4.69) is 15.6 Å². The number of hydrogen-bond donors (Lipinski definition) is 3. The minimum absolute atomic E-state index is 0. The predicted octanol–water partition coefficient (Wildman–Crippen LogP) is 1.74. The van der Waals surface area contributed by atoms with Crippen LogP contribution in [0.4, 0.5) is 5.69 Å². The lowest BCUT2D eigenvalue weighted by Crippen LogP contribution is -2.38. The number of nitro groups is 1. The molecule has 0 aromatic heterocycles. The van der Waals surface area contributed by atoms with Crippen molar-refractivity contribution >= 4 is 45.6 Å². The van der Waals surface area contributed by atoms with Crippen LogP contribution >= 0.6 is 24.0 Å². The highest BCUT2D eigenvalue weighted by Crippen LogP contribution is 2.12. The van der Waals surface area contributed by atoms with Gasteiger partial charge in [0.2, 0.25) is 10.0 Å². The third-order valence-corrected chi connectivity index (χ3v) is 4.81. The zero-order valence-electron chi connectivity index (χ0n) is 16.3. The highest BCUT2D eigenvalue weighted by atomic mass is 127. The molecule has 0 aliphatic heterocycles. The molecule has 0 radical (unpaired) electrons. The summed E-state index contributed by atoms with van der Waals surface area (Å²) < 4.78 is 27.7. The van der Waals surface area contributed by atoms with Gasteiger partial charge < -0.3 is 15.4 Å². The number of sulfonamides is 1. The van der Waals surface area contributed by atoms with E-state index in [9.17, 15) is 18.5 Å². The van der Waals surface area contributed by atoms with Crippen molar-refractivity contribution in [3.8, 4) is 0 Å². The van der Waals surface area contributed by atoms with Crippen molar-refractivity contribution in [3.63, 3.8) is 0 Å². The quantitative estimate of drug-likeness (QED) is 0.108. The number of methoxy groups -OCH3 is 1. The molecular weight excluding hydrogens is 525 g/mol. The van der Waals surface area contributed by atoms with Gasteiger partial charge >= 0.3 is 0 Å². The molecule has 0 amide bonds. The third kappa shape index (κ3) is 8.61. The van der Waals surface area contributed by atoms with E-state index >= 15 is 0 Å². The number of nitrogens with zero attached hydrogens (tertiary/aromatic N) is 2. The maximum absolute atomic E-state index is 11.3. The first-order valence-electron chi connectivity index (χ1n) is 8.66. The highest BCUT2D eigenvalue weighted by molar-refractivity contribution is 14.0. The van der Waals surface area contributed by atoms with Crippen LogP contribution in [0.2, 0.25) is 0 Å². The van der Waals surface area contributed by atoms with E-state index in [-0.39, 0.29) is 34.6 Å². The van der Waals surface area contributed by atoms with E-state index in [1.807, 2.05) is 0 Å². The number of nitrogens with two attached hydrogens (primary N) is 1. The summed E-state index contributed by atoms with van der Waals surface area (Å²) in [5, 5.41) is 22.1. The number of aliphatic imine (C=N–C) groups is 1. The number of guanidine groups is 1. The van der Waals surface area contributed by atoms with E-state index in [0.717, 1.165) is 11.1 Å². The second-order valence-electron chi connectivity index (χ2n) is 6.05. The molecule has 12 heteroatoms. The first-order chi connectivity index (χ1) is 13.8. The monoisotopic (exact) mass is 549 g/mol. The fraction of sp³-hybridized carbons (Fsp3) is 0.278. The average molecular weight is 549 g/mol. The van der Waals surface area contributed by atoms with E-state index in [1.165, 1.54) is 24.3 Å². The van der Waals surface area contributed by atoms with Gasteiger partial charge in [0.15, 0.2) is 5.96 Å². The Balaban J connectivity index is 0.00000450. The maximum Gasteiger partial charge on any atom is 0.269 e. The average Bonchev–Trinajstić information content (AvgIpc) is 2.69. The molecule has 164 valence electrons. The number of benzene rings is 2. The maximum atomic E-state index is 11.3. The minimum Gasteiger partial charge on any atom is -0.383 e. The Labute approximate surface area is 192 Å². The first kappa shape index (κ1) is 25.7. The van der Waals surface area contributed by atoms with Crippen molar-refractivity contribution in [1.29, 1.82) is 0 Å². The summed E-state index contributed by atoms with van der Waals surface area (Å²) in [6.45, 7) is 1.75. The van der Waals surface area contributed by atoms with Crippen LogP contribution < -0.4 is 15.8 Å². The van der Waals surface area contributed by atoms with Crippen molar-refractivity contribution in [1.82, 2.24) is 10.6 Å². The molecular formula is C18H24IN5O5S. The lowest BCUT2D eigenvalue weighted by atomic mass is 10.2. The van der Waals surface area contributed by atoms with Crippen molar-refractivity contribution in [3.05, 3.63) is 69.8 Å². The summed E-state index contributed by atoms with van der Waals surface area (Å²) in [6, 6.07) is 12.4. The van der Waals surface area contributed by atoms with Crippen molar-refractivity contribution < 1.29 is 18.1 Å². The van der Waals surface area contributed by atoms with Crippen molar-refractivity contribution in [2.45, 2.75) is 18.0 Å². The molecule has 2 aromatic carbocycles. The zero-order chi connectivity index (χ0) is 21.3. The lowest BCUT2D eigenvalue weighted by molar-refractivity contribution is -0.384. The molecule has 0 atom stereocenters. The van der Waals surface area contributed by atoms with Gasteiger partial charge in [0.05, 0.1) is 23.0 Å². The molecule has 0 saturated heterocycles. The van der Waals surface area contributed by atoms with Gasteiger partial charge in [0.1, 0.15) is 0 Å². The fourth-order valence-corrected chi connectivity index (χ4v) is 2.84. The van der Waals surface area contributed by atoms with Crippen molar-refractivity contribution in [2.24, 2.45) is 10.1 Å². The van der Waals surface area contributed by atoms with Gasteiger partial charge in [-0.2, -0.15) is 0 Å². The second-order valence-corrected chi connectivity index (χ2v) is 7.61. The Kier molecular flexibility index (Phi) is 10.7. The number of nitrogens with one attached hydrogen (secondary N) is 2. The Morgan fingerprint density at radius 2 is 1.70 bits per heavy atom. The van der Waals surface area contributed by atoms with E-state index in [4.69, 9.17) is 9.88 Å². The number of ether oxygens (including phenoxy) is 1. The number of primary sulfonamides is 1. The molecule has 0 aliphatic carbocycles. The standard InChI is InChI=1S/C18H23N5O5S.HI/c1-28-11-10-20-18(21-12-14-2-6-16(7-3-14)23(24)25)22-13-15-4-8-17(9-5-15)29(19,26)27;/h2-9H,10-13H2,1H3,(H2,19,26,27)(H2,20,21,22);1H. The molecule has 2 rings (SSSR count). The SMILES string of the molecule is COCCNC(=NCc1ccc(S(N)(=O)=O)cc1)NCc1ccc([N+](=O)[O-])cc1.I. The number of non-ortho nitro benzene ring substituents is 1. The van der Waals surface area contributed by atoms with Crippen LogP contribution in [-0.4, -0.2) is 39.6 Å². The molecule has 0 heterocycles. The number of hydrogen-bond acceptors (Lipinski definition) is 6. The van der Waals surface area contributed by atoms with Gasteiger partial charge in [-0.05, 0) is 23.3 Å². The molecule has 10 nitrogen and oxygen atoms in total. The third-order valence-electron chi connectivity index (χ3n) is 3.88. The molecule has 2 aromatic rings. The first-order valence-corrected chi connectivity index (χ1v) is 10.2. The number of rotatable bonds is 9. The lowest BCUT2D eigenvalue weighted by Gasteiger charge is -2.12. The number of nitro benzene ring substituents is 1. The Hall–Kier alpha value is -2.29. The molecule has 0 bridgehead atoms. The van der Waals surface area contributed by atoms with Crippen LogP contribution in [0.25, 0.3) is 0 Å². The predicted molar refractivity (Wildman–Crippen MR) is 124 cm³/mol. The molecule has 0 spiro atoms. The molecule has 0 unspecified atom stereocenters. The highest BCUT2D eigenvalue weighted by Gasteiger charge is 2.07. The van der Waals surface area contributed by atoms with Gasteiger partial charge in [-0.3, -0.25) is 10.1 Å². The normalized spacial score (nSPS) is 11.5. The molecule has 30 heavy (non-hydrogen) atoms. The Morgan fingerprint density at radius 3 is 2.23 bits per heavy atom. The number of halogens is 1. The Bertz CT molecular complexity index is 950. The van der Waals surface area contributed by atoms with Crippen LogP contribution in [-0.2, 0) is 27.8 Å². The van der Waals surface area contributed by atoms with E-state index in [0.29, 0.717) is 32.2 Å². The van der Waals surface area contributed by atoms with Gasteiger partial charge in [-0.1, -0.05) is 24.3 Å². The molecule has 4 N–H and O–H groups in total. The summed E-state index contributed by atoms with van der Waals surface area (Å²) in [7, 11) is -2.14. The minimum atomic E-state index is -3.73. The molecule has 0 fully saturated rings. The summed E-state index contributed by atoms with van der Waals surface area (Å²) in [5.41, 5.74) is 1.69. The Morgan fingerprint density at radius 1 is 1.10 bits per heavy atom. The summed E-state index contributed by atoms with van der Waals surface area (Å²) in [6.07, 6.45) is 0. The summed E-state index contributed by atoms with van der Waals surface area (Å²) in [4.78, 5) is 14.8. The topological polar surface area (TPSA) is 149 Å². The van der Waals surface area contributed by atoms with Crippen LogP contribution in [0.5, 0.6) is 0 Å². The fourth-order valence-electron chi connectivity index (χ4n) is 2.32. The largest absolute Gasteiger partial charge is 0.383 e. The van der Waals surface area contributed by atoms with Crippen LogP contribution in [0.1, 0.15) is 11.1 Å².